The first-order valence-corrected chi connectivity index (χ1v) is 6.04. The van der Waals surface area contributed by atoms with E-state index in [1.165, 1.54) is 4.90 Å². The minimum atomic E-state index is -0.969. The van der Waals surface area contributed by atoms with Crippen LogP contribution in [0.5, 0.6) is 0 Å². The van der Waals surface area contributed by atoms with Crippen LogP contribution in [0.1, 0.15) is 33.6 Å². The molecule has 0 unspecified atom stereocenters. The van der Waals surface area contributed by atoms with Crippen molar-refractivity contribution in [3.05, 3.63) is 0 Å². The lowest BCUT2D eigenvalue weighted by Gasteiger charge is -2.22. The van der Waals surface area contributed by atoms with Crippen LogP contribution < -0.4 is 0 Å². The summed E-state index contributed by atoms with van der Waals surface area (Å²) in [6.07, 6.45) is 0.987. The Kier molecular flexibility index (Phi) is 8.40. The molecule has 0 aromatic carbocycles. The Labute approximate surface area is 103 Å². The van der Waals surface area contributed by atoms with Crippen LogP contribution in [0.3, 0.4) is 0 Å². The molecule has 0 radical (unpaired) electrons. The fourth-order valence-corrected chi connectivity index (χ4v) is 1.49. The number of nitrogens with zero attached hydrogens (tertiary/aromatic N) is 1. The van der Waals surface area contributed by atoms with E-state index >= 15 is 0 Å². The number of amides is 1. The number of hydrogen-bond acceptors (Lipinski definition) is 3. The van der Waals surface area contributed by atoms with E-state index in [2.05, 4.69) is 0 Å². The van der Waals surface area contributed by atoms with E-state index in [-0.39, 0.29) is 18.4 Å². The normalized spacial score (nSPS) is 10.6. The number of aliphatic carboxylic acids is 1. The van der Waals surface area contributed by atoms with E-state index in [0.717, 1.165) is 0 Å². The molecule has 0 aliphatic rings. The minimum Gasteiger partial charge on any atom is -0.480 e. The molecule has 5 nitrogen and oxygen atoms in total. The van der Waals surface area contributed by atoms with E-state index in [4.69, 9.17) is 9.84 Å². The molecule has 5 heteroatoms. The molecule has 0 heterocycles. The van der Waals surface area contributed by atoms with Gasteiger partial charge < -0.3 is 14.7 Å². The molecule has 17 heavy (non-hydrogen) atoms. The molecule has 0 fully saturated rings. The van der Waals surface area contributed by atoms with Crippen LogP contribution in [0, 0.1) is 5.92 Å². The smallest absolute Gasteiger partial charge is 0.323 e. The molecule has 1 N–H and O–H groups in total. The lowest BCUT2D eigenvalue weighted by atomic mass is 10.2. The third-order valence-electron chi connectivity index (χ3n) is 2.15. The highest BCUT2D eigenvalue weighted by Crippen LogP contribution is 2.03. The standard InChI is InChI=1S/C12H23NO4/c1-4-17-7-5-6-11(14)13(8-10(2)3)9-12(15)16/h10H,4-9H2,1-3H3,(H,15,16). The Balaban J connectivity index is 4.08. The second kappa shape index (κ2) is 8.98. The maximum Gasteiger partial charge on any atom is 0.323 e. The van der Waals surface area contributed by atoms with E-state index in [0.29, 0.717) is 32.6 Å². The van der Waals surface area contributed by atoms with Gasteiger partial charge in [0.1, 0.15) is 6.54 Å². The number of carbonyl (C=O) groups is 2. The number of carbonyl (C=O) groups excluding carboxylic acids is 1. The minimum absolute atomic E-state index is 0.110. The van der Waals surface area contributed by atoms with Gasteiger partial charge in [0.25, 0.3) is 0 Å². The van der Waals surface area contributed by atoms with Gasteiger partial charge in [0.05, 0.1) is 0 Å². The molecule has 0 aromatic rings. The highest BCUT2D eigenvalue weighted by atomic mass is 16.5. The average Bonchev–Trinajstić information content (AvgIpc) is 2.22. The Morgan fingerprint density at radius 1 is 1.35 bits per heavy atom. The van der Waals surface area contributed by atoms with Crippen molar-refractivity contribution in [2.75, 3.05) is 26.3 Å². The first-order valence-electron chi connectivity index (χ1n) is 6.04. The summed E-state index contributed by atoms with van der Waals surface area (Å²) in [6, 6.07) is 0. The van der Waals surface area contributed by atoms with E-state index in [9.17, 15) is 9.59 Å². The maximum atomic E-state index is 11.8. The van der Waals surface area contributed by atoms with Crippen LogP contribution in [-0.2, 0) is 14.3 Å². The van der Waals surface area contributed by atoms with Crippen LogP contribution in [-0.4, -0.2) is 48.2 Å². The highest BCUT2D eigenvalue weighted by molar-refractivity contribution is 5.81. The number of rotatable bonds is 9. The van der Waals surface area contributed by atoms with Crippen LogP contribution in [0.2, 0.25) is 0 Å². The average molecular weight is 245 g/mol. The van der Waals surface area contributed by atoms with Crippen molar-refractivity contribution in [2.45, 2.75) is 33.6 Å². The summed E-state index contributed by atoms with van der Waals surface area (Å²) in [5.41, 5.74) is 0. The largest absolute Gasteiger partial charge is 0.480 e. The van der Waals surface area contributed by atoms with E-state index in [1.54, 1.807) is 0 Å². The van der Waals surface area contributed by atoms with Crippen molar-refractivity contribution in [1.29, 1.82) is 0 Å². The van der Waals surface area contributed by atoms with Gasteiger partial charge in [-0.15, -0.1) is 0 Å². The Bertz CT molecular complexity index is 241. The second-order valence-corrected chi connectivity index (χ2v) is 4.36. The molecule has 1 amide bonds. The monoisotopic (exact) mass is 245 g/mol. The zero-order valence-corrected chi connectivity index (χ0v) is 10.9. The van der Waals surface area contributed by atoms with E-state index in [1.807, 2.05) is 20.8 Å². The van der Waals surface area contributed by atoms with Crippen molar-refractivity contribution < 1.29 is 19.4 Å². The molecule has 0 saturated heterocycles. The first-order chi connectivity index (χ1) is 7.97. The number of ether oxygens (including phenoxy) is 1. The Hall–Kier alpha value is -1.10. The summed E-state index contributed by atoms with van der Waals surface area (Å²) in [6.45, 7) is 7.28. The van der Waals surface area contributed by atoms with Crippen LogP contribution in [0.15, 0.2) is 0 Å². The van der Waals surface area contributed by atoms with Crippen LogP contribution in [0.25, 0.3) is 0 Å². The van der Waals surface area contributed by atoms with Gasteiger partial charge in [-0.3, -0.25) is 9.59 Å². The van der Waals surface area contributed by atoms with Crippen molar-refractivity contribution in [2.24, 2.45) is 5.92 Å². The second-order valence-electron chi connectivity index (χ2n) is 4.36. The third kappa shape index (κ3) is 8.68. The van der Waals surface area contributed by atoms with Crippen molar-refractivity contribution in [1.82, 2.24) is 4.90 Å². The van der Waals surface area contributed by atoms with Gasteiger partial charge in [0, 0.05) is 26.2 Å². The first kappa shape index (κ1) is 15.9. The van der Waals surface area contributed by atoms with Gasteiger partial charge in [-0.1, -0.05) is 13.8 Å². The van der Waals surface area contributed by atoms with Crippen molar-refractivity contribution in [3.63, 3.8) is 0 Å². The summed E-state index contributed by atoms with van der Waals surface area (Å²) in [5, 5.41) is 8.74. The zero-order valence-electron chi connectivity index (χ0n) is 10.9. The maximum absolute atomic E-state index is 11.8. The van der Waals surface area contributed by atoms with Gasteiger partial charge in [0.2, 0.25) is 5.91 Å². The Morgan fingerprint density at radius 2 is 2.00 bits per heavy atom. The Morgan fingerprint density at radius 3 is 2.47 bits per heavy atom. The van der Waals surface area contributed by atoms with Crippen LogP contribution in [0.4, 0.5) is 0 Å². The van der Waals surface area contributed by atoms with Gasteiger partial charge >= 0.3 is 5.97 Å². The fraction of sp³-hybridized carbons (Fsp3) is 0.833. The molecule has 0 saturated carbocycles. The summed E-state index contributed by atoms with van der Waals surface area (Å²) < 4.78 is 5.14. The molecule has 0 aromatic heterocycles. The quantitative estimate of drug-likeness (QED) is 0.623. The summed E-state index contributed by atoms with van der Waals surface area (Å²) in [5.74, 6) is -0.810. The number of carboxylic acid groups (broad SMARTS) is 1. The lowest BCUT2D eigenvalue weighted by Crippen LogP contribution is -2.38. The summed E-state index contributed by atoms with van der Waals surface area (Å²) in [4.78, 5) is 23.8. The van der Waals surface area contributed by atoms with Gasteiger partial charge in [-0.2, -0.15) is 0 Å². The SMILES string of the molecule is CCOCCCC(=O)N(CC(=O)O)CC(C)C. The summed E-state index contributed by atoms with van der Waals surface area (Å²) >= 11 is 0. The number of carboxylic acids is 1. The fourth-order valence-electron chi connectivity index (χ4n) is 1.49. The van der Waals surface area contributed by atoms with Crippen molar-refractivity contribution >= 4 is 11.9 Å². The topological polar surface area (TPSA) is 66.8 Å². The predicted molar refractivity (Wildman–Crippen MR) is 64.8 cm³/mol. The number of hydrogen-bond donors (Lipinski definition) is 1. The van der Waals surface area contributed by atoms with Crippen LogP contribution >= 0.6 is 0 Å². The molecule has 0 spiro atoms. The van der Waals surface area contributed by atoms with Gasteiger partial charge in [0.15, 0.2) is 0 Å². The molecule has 100 valence electrons. The third-order valence-corrected chi connectivity index (χ3v) is 2.15. The molecule has 0 atom stereocenters. The molecular weight excluding hydrogens is 222 g/mol. The predicted octanol–water partition coefficient (Wildman–Crippen LogP) is 1.37. The van der Waals surface area contributed by atoms with Gasteiger partial charge in [-0.05, 0) is 19.3 Å². The zero-order chi connectivity index (χ0) is 13.3. The van der Waals surface area contributed by atoms with Gasteiger partial charge in [-0.25, -0.2) is 0 Å². The molecule has 0 rings (SSSR count). The van der Waals surface area contributed by atoms with Crippen molar-refractivity contribution in [3.8, 4) is 0 Å². The van der Waals surface area contributed by atoms with E-state index < -0.39 is 5.97 Å². The molecular formula is C12H23NO4. The molecule has 0 bridgehead atoms. The molecule has 0 aliphatic heterocycles. The lowest BCUT2D eigenvalue weighted by molar-refractivity contribution is -0.144. The highest BCUT2D eigenvalue weighted by Gasteiger charge is 2.17. The molecule has 0 aliphatic carbocycles. The summed E-state index contributed by atoms with van der Waals surface area (Å²) in [7, 11) is 0.